The maximum atomic E-state index is 5.67. The van der Waals surface area contributed by atoms with Gasteiger partial charge in [-0.1, -0.05) is 0 Å². The van der Waals surface area contributed by atoms with E-state index in [0.717, 1.165) is 19.4 Å². The van der Waals surface area contributed by atoms with Crippen molar-refractivity contribution in [1.82, 2.24) is 15.0 Å². The highest BCUT2D eigenvalue weighted by Gasteiger charge is 2.22. The Kier molecular flexibility index (Phi) is 2.54. The molecule has 1 aromatic heterocycles. The quantitative estimate of drug-likeness (QED) is 0.761. The molecule has 2 rings (SSSR count). The Morgan fingerprint density at radius 3 is 2.79 bits per heavy atom. The minimum Gasteiger partial charge on any atom is -0.330 e. The summed E-state index contributed by atoms with van der Waals surface area (Å²) in [5.74, 6) is 0.611. The maximum absolute atomic E-state index is 5.67. The van der Waals surface area contributed by atoms with E-state index in [1.165, 1.54) is 17.8 Å². The van der Waals surface area contributed by atoms with Crippen LogP contribution >= 0.6 is 0 Å². The molecular weight excluding hydrogens is 176 g/mol. The van der Waals surface area contributed by atoms with Gasteiger partial charge in [0.1, 0.15) is 0 Å². The lowest BCUT2D eigenvalue weighted by Gasteiger charge is -2.17. The molecule has 0 radical (unpaired) electrons. The zero-order valence-corrected chi connectivity index (χ0v) is 8.90. The molecule has 0 aliphatic heterocycles. The zero-order chi connectivity index (χ0) is 10.1. The molecule has 0 spiro atoms. The fourth-order valence-electron chi connectivity index (χ4n) is 1.89. The van der Waals surface area contributed by atoms with Gasteiger partial charge >= 0.3 is 0 Å². The van der Waals surface area contributed by atoms with Crippen LogP contribution in [-0.4, -0.2) is 21.5 Å². The Bertz CT molecular complexity index is 316. The van der Waals surface area contributed by atoms with E-state index in [1.807, 2.05) is 4.80 Å². The molecule has 0 fully saturated rings. The molecule has 1 unspecified atom stereocenters. The lowest BCUT2D eigenvalue weighted by atomic mass is 9.90. The number of nitrogens with two attached hydrogens (primary N) is 1. The van der Waals surface area contributed by atoms with E-state index >= 15 is 0 Å². The lowest BCUT2D eigenvalue weighted by Crippen LogP contribution is -2.22. The van der Waals surface area contributed by atoms with Gasteiger partial charge in [-0.05, 0) is 45.6 Å². The largest absolute Gasteiger partial charge is 0.330 e. The van der Waals surface area contributed by atoms with Crippen LogP contribution in [0.5, 0.6) is 0 Å². The first kappa shape index (κ1) is 9.65. The molecule has 1 aliphatic carbocycles. The molecule has 4 nitrogen and oxygen atoms in total. The van der Waals surface area contributed by atoms with Crippen molar-refractivity contribution in [2.24, 2.45) is 11.7 Å². The Morgan fingerprint density at radius 2 is 2.14 bits per heavy atom. The molecule has 1 aliphatic rings. The van der Waals surface area contributed by atoms with Crippen LogP contribution in [0.1, 0.15) is 37.7 Å². The minimum absolute atomic E-state index is 0.358. The fraction of sp³-hybridized carbons (Fsp3) is 0.800. The highest BCUT2D eigenvalue weighted by molar-refractivity contribution is 5.13. The average molecular weight is 194 g/mol. The van der Waals surface area contributed by atoms with E-state index in [-0.39, 0.29) is 0 Å². The second-order valence-corrected chi connectivity index (χ2v) is 4.35. The zero-order valence-electron chi connectivity index (χ0n) is 8.90. The summed E-state index contributed by atoms with van der Waals surface area (Å²) in [4.78, 5) is 1.82. The Hall–Kier alpha value is -0.900. The molecule has 1 heterocycles. The third-order valence-electron chi connectivity index (χ3n) is 2.85. The van der Waals surface area contributed by atoms with Crippen LogP contribution in [-0.2, 0) is 12.8 Å². The second-order valence-electron chi connectivity index (χ2n) is 4.35. The maximum Gasteiger partial charge on any atom is 0.0862 e. The summed E-state index contributed by atoms with van der Waals surface area (Å²) < 4.78 is 0. The number of nitrogens with zero attached hydrogens (tertiary/aromatic N) is 3. The first-order valence-electron chi connectivity index (χ1n) is 5.35. The third-order valence-corrected chi connectivity index (χ3v) is 2.85. The summed E-state index contributed by atoms with van der Waals surface area (Å²) in [6, 6.07) is 0.358. The molecule has 2 N–H and O–H groups in total. The third kappa shape index (κ3) is 1.66. The van der Waals surface area contributed by atoms with E-state index in [4.69, 9.17) is 5.73 Å². The number of fused-ring (bicyclic) bond motifs is 1. The van der Waals surface area contributed by atoms with Gasteiger partial charge in [0.05, 0.1) is 17.4 Å². The Labute approximate surface area is 84.5 Å². The summed E-state index contributed by atoms with van der Waals surface area (Å²) in [5.41, 5.74) is 8.02. The number of aryl methyl sites for hydroxylation is 1. The highest BCUT2D eigenvalue weighted by Crippen LogP contribution is 2.22. The molecule has 1 atom stereocenters. The van der Waals surface area contributed by atoms with Crippen LogP contribution in [0.3, 0.4) is 0 Å². The van der Waals surface area contributed by atoms with Crippen molar-refractivity contribution in [3.63, 3.8) is 0 Å². The molecule has 0 aromatic carbocycles. The van der Waals surface area contributed by atoms with Crippen molar-refractivity contribution in [2.45, 2.75) is 39.2 Å². The van der Waals surface area contributed by atoms with E-state index in [2.05, 4.69) is 24.0 Å². The molecule has 1 aromatic rings. The number of rotatable bonds is 2. The number of hydrogen-bond acceptors (Lipinski definition) is 3. The SMILES string of the molecule is CC(C)n1nc2c(n1)CC(CN)CC2. The first-order chi connectivity index (χ1) is 6.70. The van der Waals surface area contributed by atoms with Crippen molar-refractivity contribution in [2.75, 3.05) is 6.54 Å². The van der Waals surface area contributed by atoms with Crippen molar-refractivity contribution < 1.29 is 0 Å². The van der Waals surface area contributed by atoms with Crippen LogP contribution in [0.2, 0.25) is 0 Å². The van der Waals surface area contributed by atoms with Crippen molar-refractivity contribution in [3.8, 4) is 0 Å². The van der Waals surface area contributed by atoms with Crippen LogP contribution in [0.4, 0.5) is 0 Å². The fourth-order valence-corrected chi connectivity index (χ4v) is 1.89. The van der Waals surface area contributed by atoms with E-state index in [9.17, 15) is 0 Å². The highest BCUT2D eigenvalue weighted by atomic mass is 15.5. The van der Waals surface area contributed by atoms with Gasteiger partial charge in [0.2, 0.25) is 0 Å². The molecule has 0 saturated carbocycles. The summed E-state index contributed by atoms with van der Waals surface area (Å²) in [5, 5.41) is 8.98. The Morgan fingerprint density at radius 1 is 1.43 bits per heavy atom. The minimum atomic E-state index is 0.358. The van der Waals surface area contributed by atoms with Crippen molar-refractivity contribution >= 4 is 0 Å². The molecule has 78 valence electrons. The summed E-state index contributed by atoms with van der Waals surface area (Å²) in [7, 11) is 0. The van der Waals surface area contributed by atoms with Gasteiger partial charge in [-0.25, -0.2) is 0 Å². The van der Waals surface area contributed by atoms with Gasteiger partial charge in [0, 0.05) is 0 Å². The number of hydrogen-bond donors (Lipinski definition) is 1. The number of aromatic nitrogens is 3. The predicted octanol–water partition coefficient (Wildman–Crippen LogP) is 0.923. The Balaban J connectivity index is 2.21. The topological polar surface area (TPSA) is 56.7 Å². The van der Waals surface area contributed by atoms with Crippen LogP contribution < -0.4 is 5.73 Å². The molecule has 0 bridgehead atoms. The summed E-state index contributed by atoms with van der Waals surface area (Å²) in [6.07, 6.45) is 3.22. The standard InChI is InChI=1S/C10H18N4/c1-7(2)14-12-9-4-3-8(6-11)5-10(9)13-14/h7-8H,3-6,11H2,1-2H3. The van der Waals surface area contributed by atoms with Crippen LogP contribution in [0, 0.1) is 5.92 Å². The molecule has 4 heteroatoms. The van der Waals surface area contributed by atoms with Crippen molar-refractivity contribution in [1.29, 1.82) is 0 Å². The van der Waals surface area contributed by atoms with E-state index < -0.39 is 0 Å². The van der Waals surface area contributed by atoms with Crippen molar-refractivity contribution in [3.05, 3.63) is 11.4 Å². The van der Waals surface area contributed by atoms with Gasteiger partial charge in [-0.3, -0.25) is 0 Å². The smallest absolute Gasteiger partial charge is 0.0862 e. The van der Waals surface area contributed by atoms with Gasteiger partial charge in [-0.15, -0.1) is 0 Å². The van der Waals surface area contributed by atoms with E-state index in [0.29, 0.717) is 12.0 Å². The normalized spacial score (nSPS) is 21.3. The van der Waals surface area contributed by atoms with Crippen LogP contribution in [0.25, 0.3) is 0 Å². The molecular formula is C10H18N4. The average Bonchev–Trinajstić information content (AvgIpc) is 2.59. The monoisotopic (exact) mass is 194 g/mol. The second kappa shape index (κ2) is 3.69. The van der Waals surface area contributed by atoms with Gasteiger partial charge < -0.3 is 5.73 Å². The van der Waals surface area contributed by atoms with Crippen LogP contribution in [0.15, 0.2) is 0 Å². The molecule has 0 amide bonds. The summed E-state index contributed by atoms with van der Waals surface area (Å²) >= 11 is 0. The molecule has 14 heavy (non-hydrogen) atoms. The first-order valence-corrected chi connectivity index (χ1v) is 5.35. The predicted molar refractivity (Wildman–Crippen MR) is 55.0 cm³/mol. The molecule has 0 saturated heterocycles. The summed E-state index contributed by atoms with van der Waals surface area (Å²) in [6.45, 7) is 4.98. The van der Waals surface area contributed by atoms with Gasteiger partial charge in [-0.2, -0.15) is 15.0 Å². The van der Waals surface area contributed by atoms with E-state index in [1.54, 1.807) is 0 Å². The van der Waals surface area contributed by atoms with Gasteiger partial charge in [0.25, 0.3) is 0 Å². The van der Waals surface area contributed by atoms with Gasteiger partial charge in [0.15, 0.2) is 0 Å². The lowest BCUT2D eigenvalue weighted by molar-refractivity contribution is 0.455.